The summed E-state index contributed by atoms with van der Waals surface area (Å²) in [6.45, 7) is 10.8. The SMILES string of the molecule is CNCC(O)COc1cccc(-c2nc(-c3c(C)noc3C)c(C)c(N3CCO[C@@H](C)C3)n2)c1. The Bertz CT molecular complexity index is 1110. The minimum absolute atomic E-state index is 0.120. The largest absolute Gasteiger partial charge is 0.491 e. The average molecular weight is 468 g/mol. The number of hydrogen-bond acceptors (Lipinski definition) is 9. The van der Waals surface area contributed by atoms with E-state index in [2.05, 4.69) is 22.3 Å². The molecule has 1 aliphatic heterocycles. The number of nitrogens with one attached hydrogen (secondary N) is 1. The fourth-order valence-corrected chi connectivity index (χ4v) is 4.23. The molecular formula is C25H33N5O4. The van der Waals surface area contributed by atoms with E-state index < -0.39 is 6.10 Å². The van der Waals surface area contributed by atoms with Crippen LogP contribution in [0.15, 0.2) is 28.8 Å². The predicted octanol–water partition coefficient (Wildman–Crippen LogP) is 2.91. The van der Waals surface area contributed by atoms with Gasteiger partial charge in [0.15, 0.2) is 5.82 Å². The summed E-state index contributed by atoms with van der Waals surface area (Å²) in [5, 5.41) is 17.1. The van der Waals surface area contributed by atoms with Crippen molar-refractivity contribution in [2.75, 3.05) is 44.8 Å². The van der Waals surface area contributed by atoms with E-state index in [1.54, 1.807) is 7.05 Å². The number of aliphatic hydroxyl groups is 1. The fourth-order valence-electron chi connectivity index (χ4n) is 4.23. The molecule has 0 spiro atoms. The van der Waals surface area contributed by atoms with E-state index in [1.165, 1.54) is 0 Å². The second kappa shape index (κ2) is 10.5. The van der Waals surface area contributed by atoms with Crippen LogP contribution in [-0.4, -0.2) is 72.3 Å². The monoisotopic (exact) mass is 467 g/mol. The maximum atomic E-state index is 9.98. The summed E-state index contributed by atoms with van der Waals surface area (Å²) in [6, 6.07) is 7.64. The van der Waals surface area contributed by atoms with Gasteiger partial charge in [-0.15, -0.1) is 0 Å². The number of nitrogens with zero attached hydrogens (tertiary/aromatic N) is 4. The summed E-state index contributed by atoms with van der Waals surface area (Å²) in [5.41, 5.74) is 4.31. The van der Waals surface area contributed by atoms with E-state index >= 15 is 0 Å². The Labute approximate surface area is 200 Å². The zero-order valence-corrected chi connectivity index (χ0v) is 20.5. The Balaban J connectivity index is 1.76. The lowest BCUT2D eigenvalue weighted by Crippen LogP contribution is -2.42. The quantitative estimate of drug-likeness (QED) is 0.517. The summed E-state index contributed by atoms with van der Waals surface area (Å²) in [6.07, 6.45) is -0.472. The van der Waals surface area contributed by atoms with Crippen LogP contribution in [0.5, 0.6) is 5.75 Å². The van der Waals surface area contributed by atoms with E-state index in [4.69, 9.17) is 24.0 Å². The van der Waals surface area contributed by atoms with Gasteiger partial charge in [-0.3, -0.25) is 0 Å². The van der Waals surface area contributed by atoms with Crippen LogP contribution < -0.4 is 15.0 Å². The molecule has 9 nitrogen and oxygen atoms in total. The molecule has 0 bridgehead atoms. The lowest BCUT2D eigenvalue weighted by Gasteiger charge is -2.33. The Hall–Kier alpha value is -3.01. The third kappa shape index (κ3) is 5.22. The van der Waals surface area contributed by atoms with E-state index in [0.717, 1.165) is 52.7 Å². The molecule has 3 aromatic rings. The molecule has 1 fully saturated rings. The van der Waals surface area contributed by atoms with Gasteiger partial charge in [0.05, 0.1) is 29.7 Å². The number of ether oxygens (including phenoxy) is 2. The minimum atomic E-state index is -0.592. The van der Waals surface area contributed by atoms with Gasteiger partial charge in [-0.1, -0.05) is 17.3 Å². The van der Waals surface area contributed by atoms with Crippen molar-refractivity contribution in [2.45, 2.75) is 39.9 Å². The van der Waals surface area contributed by atoms with Crippen molar-refractivity contribution in [1.82, 2.24) is 20.4 Å². The van der Waals surface area contributed by atoms with E-state index in [-0.39, 0.29) is 12.7 Å². The molecule has 1 aliphatic rings. The van der Waals surface area contributed by atoms with Crippen molar-refractivity contribution in [3.8, 4) is 28.4 Å². The molecule has 34 heavy (non-hydrogen) atoms. The molecule has 182 valence electrons. The Kier molecular flexibility index (Phi) is 7.45. The van der Waals surface area contributed by atoms with Crippen molar-refractivity contribution in [1.29, 1.82) is 0 Å². The minimum Gasteiger partial charge on any atom is -0.491 e. The molecule has 1 aromatic carbocycles. The lowest BCUT2D eigenvalue weighted by molar-refractivity contribution is 0.0529. The van der Waals surface area contributed by atoms with Gasteiger partial charge in [0, 0.05) is 30.8 Å². The molecule has 3 heterocycles. The van der Waals surface area contributed by atoms with Gasteiger partial charge >= 0.3 is 0 Å². The van der Waals surface area contributed by atoms with E-state index in [1.807, 2.05) is 45.0 Å². The van der Waals surface area contributed by atoms with Crippen LogP contribution in [-0.2, 0) is 4.74 Å². The first kappa shape index (κ1) is 24.1. The normalized spacial score (nSPS) is 17.1. The Morgan fingerprint density at radius 1 is 1.26 bits per heavy atom. The molecular weight excluding hydrogens is 434 g/mol. The Morgan fingerprint density at radius 3 is 2.79 bits per heavy atom. The molecule has 1 saturated heterocycles. The summed E-state index contributed by atoms with van der Waals surface area (Å²) in [4.78, 5) is 12.2. The zero-order valence-electron chi connectivity index (χ0n) is 20.5. The van der Waals surface area contributed by atoms with Crippen molar-refractivity contribution < 1.29 is 19.1 Å². The second-order valence-corrected chi connectivity index (χ2v) is 8.72. The van der Waals surface area contributed by atoms with Crippen LogP contribution in [0.4, 0.5) is 5.82 Å². The van der Waals surface area contributed by atoms with E-state index in [9.17, 15) is 5.11 Å². The van der Waals surface area contributed by atoms with Crippen LogP contribution in [0.25, 0.3) is 22.6 Å². The highest BCUT2D eigenvalue weighted by Crippen LogP contribution is 2.35. The highest BCUT2D eigenvalue weighted by molar-refractivity contribution is 5.75. The molecule has 0 aliphatic carbocycles. The first-order valence-corrected chi connectivity index (χ1v) is 11.6. The van der Waals surface area contributed by atoms with Crippen molar-refractivity contribution in [2.24, 2.45) is 0 Å². The number of aryl methyl sites for hydroxylation is 2. The van der Waals surface area contributed by atoms with Gasteiger partial charge in [-0.05, 0) is 46.9 Å². The van der Waals surface area contributed by atoms with Crippen LogP contribution in [0.1, 0.15) is 23.9 Å². The maximum Gasteiger partial charge on any atom is 0.162 e. The van der Waals surface area contributed by atoms with Crippen molar-refractivity contribution in [3.63, 3.8) is 0 Å². The zero-order chi connectivity index (χ0) is 24.2. The number of rotatable bonds is 8. The van der Waals surface area contributed by atoms with E-state index in [0.29, 0.717) is 24.7 Å². The predicted molar refractivity (Wildman–Crippen MR) is 130 cm³/mol. The lowest BCUT2D eigenvalue weighted by atomic mass is 10.0. The second-order valence-electron chi connectivity index (χ2n) is 8.72. The molecule has 2 N–H and O–H groups in total. The number of hydrogen-bond donors (Lipinski definition) is 2. The molecule has 2 aromatic heterocycles. The molecule has 4 rings (SSSR count). The van der Waals surface area contributed by atoms with Gasteiger partial charge in [-0.25, -0.2) is 9.97 Å². The first-order chi connectivity index (χ1) is 16.4. The number of aliphatic hydroxyl groups excluding tert-OH is 1. The number of morpholine rings is 1. The summed E-state index contributed by atoms with van der Waals surface area (Å²) < 4.78 is 17.0. The highest BCUT2D eigenvalue weighted by atomic mass is 16.5. The number of likely N-dealkylation sites (N-methyl/N-ethyl adjacent to an activating group) is 1. The van der Waals surface area contributed by atoms with Gasteiger partial charge in [0.2, 0.25) is 0 Å². The highest BCUT2D eigenvalue weighted by Gasteiger charge is 2.25. The topological polar surface area (TPSA) is 106 Å². The van der Waals surface area contributed by atoms with Crippen molar-refractivity contribution in [3.05, 3.63) is 41.3 Å². The smallest absolute Gasteiger partial charge is 0.162 e. The summed E-state index contributed by atoms with van der Waals surface area (Å²) in [5.74, 6) is 2.85. The molecule has 0 saturated carbocycles. The number of anilines is 1. The molecule has 9 heteroatoms. The first-order valence-electron chi connectivity index (χ1n) is 11.6. The average Bonchev–Trinajstić information content (AvgIpc) is 3.16. The van der Waals surface area contributed by atoms with Crippen LogP contribution >= 0.6 is 0 Å². The molecule has 1 unspecified atom stereocenters. The third-order valence-electron chi connectivity index (χ3n) is 5.91. The van der Waals surface area contributed by atoms with Gasteiger partial charge in [0.25, 0.3) is 0 Å². The fraction of sp³-hybridized carbons (Fsp3) is 0.480. The molecule has 0 amide bonds. The summed E-state index contributed by atoms with van der Waals surface area (Å²) in [7, 11) is 1.79. The Morgan fingerprint density at radius 2 is 2.09 bits per heavy atom. The van der Waals surface area contributed by atoms with Gasteiger partial charge in [0.1, 0.15) is 30.0 Å². The van der Waals surface area contributed by atoms with Crippen molar-refractivity contribution >= 4 is 5.82 Å². The maximum absolute atomic E-state index is 9.98. The van der Waals surface area contributed by atoms with Crippen LogP contribution in [0.2, 0.25) is 0 Å². The number of aromatic nitrogens is 3. The summed E-state index contributed by atoms with van der Waals surface area (Å²) >= 11 is 0. The van der Waals surface area contributed by atoms with Crippen LogP contribution in [0, 0.1) is 20.8 Å². The number of benzene rings is 1. The standard InChI is InChI=1S/C25H33N5O4/c1-15-13-30(9-10-32-15)25-16(2)23(22-17(3)29-34-18(22)4)27-24(28-25)19-7-6-8-21(11-19)33-14-20(31)12-26-5/h6-8,11,15,20,26,31H,9-10,12-14H2,1-5H3/t15-,20?/m0/s1. The van der Waals surface area contributed by atoms with Gasteiger partial charge in [-0.2, -0.15) is 0 Å². The third-order valence-corrected chi connectivity index (χ3v) is 5.91. The van der Waals surface area contributed by atoms with Gasteiger partial charge < -0.3 is 29.3 Å². The van der Waals surface area contributed by atoms with Crippen LogP contribution in [0.3, 0.4) is 0 Å². The molecule has 0 radical (unpaired) electrons. The molecule has 2 atom stereocenters.